The molecule has 2 aliphatic heterocycles. The fourth-order valence-electron chi connectivity index (χ4n) is 7.59. The number of carbonyl (C=O) groups is 8. The van der Waals surface area contributed by atoms with E-state index in [-0.39, 0.29) is 37.6 Å². The molecule has 0 aromatic heterocycles. The maximum absolute atomic E-state index is 14.6. The Balaban J connectivity index is 2.26. The third-order valence-electron chi connectivity index (χ3n) is 11.4. The molecular weight excluding hydrogens is 805 g/mol. The number of cyclic esters (lactones) is 1. The molecule has 0 saturated carbocycles. The monoisotopic (exact) mass is 873 g/mol. The van der Waals surface area contributed by atoms with Crippen LogP contribution < -0.4 is 36.7 Å². The van der Waals surface area contributed by atoms with E-state index >= 15 is 0 Å². The number of fused-ring (bicyclic) bond motifs is 1. The Bertz CT molecular complexity index is 1740. The first-order valence-corrected chi connectivity index (χ1v) is 21.4. The van der Waals surface area contributed by atoms with Gasteiger partial charge in [-0.2, -0.15) is 0 Å². The molecule has 346 valence electrons. The van der Waals surface area contributed by atoms with Gasteiger partial charge in [0.25, 0.3) is 5.91 Å². The van der Waals surface area contributed by atoms with E-state index in [2.05, 4.69) is 32.0 Å². The number of carbonyl (C=O) groups excluding carboxylic acids is 8. The molecule has 2 heterocycles. The molecule has 7 N–H and O–H groups in total. The van der Waals surface area contributed by atoms with Crippen molar-refractivity contribution in [2.45, 2.75) is 142 Å². The van der Waals surface area contributed by atoms with Gasteiger partial charge in [0, 0.05) is 26.4 Å². The lowest BCUT2D eigenvalue weighted by atomic mass is 9.97. The number of nitrogens with one attached hydrogen (secondary N) is 6. The molecule has 1 aromatic rings. The fraction of sp³-hybridized carbons (Fsp3) is 0.674. The summed E-state index contributed by atoms with van der Waals surface area (Å²) in [6.07, 6.45) is -1.78. The lowest BCUT2D eigenvalue weighted by Crippen LogP contribution is -2.67. The predicted octanol–water partition coefficient (Wildman–Crippen LogP) is -0.0656. The van der Waals surface area contributed by atoms with Crippen LogP contribution >= 0.6 is 0 Å². The van der Waals surface area contributed by atoms with Crippen molar-refractivity contribution in [2.75, 3.05) is 20.7 Å². The molecule has 62 heavy (non-hydrogen) atoms. The number of β-amino-alcohol motifs (C(OH)–C–C–N with tert-alkyl or cyclic N) is 1. The lowest BCUT2D eigenvalue weighted by molar-refractivity contribution is -0.163. The Kier molecular flexibility index (Phi) is 19.1. The Morgan fingerprint density at radius 1 is 0.919 bits per heavy atom. The quantitative estimate of drug-likeness (QED) is 0.102. The number of hydrazine groups is 1. The second-order valence-corrected chi connectivity index (χ2v) is 17.4. The largest absolute Gasteiger partial charge is 0.497 e. The summed E-state index contributed by atoms with van der Waals surface area (Å²) in [5.74, 6) is -6.61. The number of aliphatic hydroxyl groups excluding tert-OH is 1. The average molecular weight is 873 g/mol. The van der Waals surface area contributed by atoms with Crippen LogP contribution in [0.4, 0.5) is 0 Å². The highest BCUT2D eigenvalue weighted by Gasteiger charge is 2.44. The minimum atomic E-state index is -1.64. The molecule has 7 amide bonds. The number of methoxy groups -OCH3 is 1. The summed E-state index contributed by atoms with van der Waals surface area (Å²) in [4.78, 5) is 113. The predicted molar refractivity (Wildman–Crippen MR) is 227 cm³/mol. The molecule has 10 atom stereocenters. The minimum absolute atomic E-state index is 0.0920. The van der Waals surface area contributed by atoms with Gasteiger partial charge in [-0.1, -0.05) is 73.9 Å². The SMILES string of the molecule is CC[C@@H](C)[C@H](NC=O)C(=O)N[C@@H]1C(=O)N[C@@H](Cc2ccc(OC)cc2)C(=O)N[C@H](C(C)C)C(=O)N2NC[C@@H](O)C[C@H]2C(=O)N[C@@H](CC(C)C)C(=O)N(C)[C@@H](C(C)C)C(=O)O[C@H]1C. The van der Waals surface area contributed by atoms with E-state index in [1.165, 1.54) is 26.0 Å². The molecule has 0 unspecified atom stereocenters. The van der Waals surface area contributed by atoms with Crippen molar-refractivity contribution in [1.82, 2.24) is 41.9 Å². The van der Waals surface area contributed by atoms with Gasteiger partial charge in [0.1, 0.15) is 54.1 Å². The number of hydrogen-bond acceptors (Lipinski definition) is 12. The number of esters is 1. The molecule has 0 aliphatic carbocycles. The van der Waals surface area contributed by atoms with Crippen molar-refractivity contribution >= 4 is 47.8 Å². The molecule has 3 rings (SSSR count). The van der Waals surface area contributed by atoms with Gasteiger partial charge in [-0.3, -0.25) is 38.6 Å². The van der Waals surface area contributed by atoms with E-state index in [1.54, 1.807) is 58.9 Å². The summed E-state index contributed by atoms with van der Waals surface area (Å²) in [7, 11) is 2.89. The second-order valence-electron chi connectivity index (χ2n) is 17.4. The molecular formula is C43H68N8O11. The topological polar surface area (TPSA) is 254 Å². The van der Waals surface area contributed by atoms with Crippen LogP contribution in [0.5, 0.6) is 5.75 Å². The molecule has 0 spiro atoms. The summed E-state index contributed by atoms with van der Waals surface area (Å²) in [6, 6.07) is -2.45. The van der Waals surface area contributed by atoms with E-state index in [0.717, 1.165) is 5.01 Å². The smallest absolute Gasteiger partial charge is 0.329 e. The van der Waals surface area contributed by atoms with Crippen LogP contribution in [-0.2, 0) is 49.5 Å². The van der Waals surface area contributed by atoms with Crippen LogP contribution in [0.1, 0.15) is 87.1 Å². The molecule has 0 bridgehead atoms. The summed E-state index contributed by atoms with van der Waals surface area (Å²) in [6.45, 7) is 15.3. The number of rotatable bonds is 13. The average Bonchev–Trinajstić information content (AvgIpc) is 3.21. The highest BCUT2D eigenvalue weighted by atomic mass is 16.5. The van der Waals surface area contributed by atoms with Gasteiger partial charge in [0.05, 0.1) is 13.2 Å². The zero-order valence-corrected chi connectivity index (χ0v) is 37.9. The van der Waals surface area contributed by atoms with E-state index in [0.29, 0.717) is 24.1 Å². The van der Waals surface area contributed by atoms with E-state index in [1.807, 2.05) is 20.8 Å². The number of nitrogens with zero attached hydrogens (tertiary/aromatic N) is 2. The number of amides is 7. The van der Waals surface area contributed by atoms with Gasteiger partial charge in [-0.25, -0.2) is 10.2 Å². The van der Waals surface area contributed by atoms with Crippen LogP contribution in [-0.4, -0.2) is 138 Å². The number of ether oxygens (including phenoxy) is 2. The van der Waals surface area contributed by atoms with Gasteiger partial charge in [0.15, 0.2) is 0 Å². The van der Waals surface area contributed by atoms with Crippen molar-refractivity contribution in [1.29, 1.82) is 0 Å². The third kappa shape index (κ3) is 13.3. The van der Waals surface area contributed by atoms with Gasteiger partial charge in [-0.05, 0) is 54.7 Å². The number of benzene rings is 1. The second kappa shape index (κ2) is 23.2. The number of hydrogen-bond donors (Lipinski definition) is 7. The fourth-order valence-corrected chi connectivity index (χ4v) is 7.59. The molecule has 19 nitrogen and oxygen atoms in total. The molecule has 0 radical (unpaired) electrons. The van der Waals surface area contributed by atoms with Gasteiger partial charge < -0.3 is 46.1 Å². The van der Waals surface area contributed by atoms with Crippen LogP contribution in [0, 0.1) is 23.7 Å². The van der Waals surface area contributed by atoms with E-state index in [4.69, 9.17) is 9.47 Å². The maximum atomic E-state index is 14.6. The van der Waals surface area contributed by atoms with Gasteiger partial charge >= 0.3 is 5.97 Å². The van der Waals surface area contributed by atoms with Crippen molar-refractivity contribution in [3.05, 3.63) is 29.8 Å². The van der Waals surface area contributed by atoms with Crippen LogP contribution in [0.3, 0.4) is 0 Å². The van der Waals surface area contributed by atoms with Crippen molar-refractivity contribution in [3.8, 4) is 5.75 Å². The Hall–Kier alpha value is -5.30. The zero-order valence-electron chi connectivity index (χ0n) is 37.9. The minimum Gasteiger partial charge on any atom is -0.497 e. The first kappa shape index (κ1) is 51.1. The van der Waals surface area contributed by atoms with Crippen molar-refractivity contribution in [3.63, 3.8) is 0 Å². The van der Waals surface area contributed by atoms with E-state index in [9.17, 15) is 43.5 Å². The van der Waals surface area contributed by atoms with Crippen LogP contribution in [0.15, 0.2) is 24.3 Å². The molecule has 2 saturated heterocycles. The molecule has 2 fully saturated rings. The van der Waals surface area contributed by atoms with Crippen LogP contribution in [0.25, 0.3) is 0 Å². The maximum Gasteiger partial charge on any atom is 0.329 e. The van der Waals surface area contributed by atoms with Crippen LogP contribution in [0.2, 0.25) is 0 Å². The Morgan fingerprint density at radius 3 is 2.10 bits per heavy atom. The van der Waals surface area contributed by atoms with Gasteiger partial charge in [-0.15, -0.1) is 0 Å². The summed E-state index contributed by atoms with van der Waals surface area (Å²) in [5.41, 5.74) is 3.41. The first-order chi connectivity index (χ1) is 29.1. The van der Waals surface area contributed by atoms with Gasteiger partial charge in [0.2, 0.25) is 35.9 Å². The lowest BCUT2D eigenvalue weighted by Gasteiger charge is -2.40. The molecule has 19 heteroatoms. The summed E-state index contributed by atoms with van der Waals surface area (Å²) >= 11 is 0. The first-order valence-electron chi connectivity index (χ1n) is 21.4. The van der Waals surface area contributed by atoms with Crippen molar-refractivity contribution in [2.24, 2.45) is 23.7 Å². The summed E-state index contributed by atoms with van der Waals surface area (Å²) < 4.78 is 11.2. The molecule has 2 aliphatic rings. The summed E-state index contributed by atoms with van der Waals surface area (Å²) in [5, 5.41) is 25.1. The number of aliphatic hydroxyl groups is 1. The van der Waals surface area contributed by atoms with E-state index < -0.39 is 108 Å². The standard InChI is InChI=1S/C43H68N8O11/c1-12-25(8)34(44-21-52)39(56)49-35-26(9)62-43(60)36(24(6)7)50(10)41(58)31(17-22(2)3)47-38(55)32-19-28(53)20-45-51(32)42(59)33(23(4)5)48-37(54)30(46-40(35)57)18-27-13-15-29(61-11)16-14-27/h13-16,21-26,28,30-36,45,53H,12,17-20H2,1-11H3,(H,44,52)(H,46,57)(H,47,55)(H,48,54)(H,49,56)/t25-,26+,28+,30+,31+,32+,33-,34+,35+,36+/m1/s1. The molecule has 1 aromatic carbocycles. The number of likely N-dealkylation sites (N-methyl/N-ethyl adjacent to an activating group) is 1. The highest BCUT2D eigenvalue weighted by molar-refractivity contribution is 5.98. The highest BCUT2D eigenvalue weighted by Crippen LogP contribution is 2.21. The zero-order chi connectivity index (χ0) is 46.6. The van der Waals surface area contributed by atoms with Crippen molar-refractivity contribution < 1.29 is 52.9 Å². The Labute approximate surface area is 364 Å². The third-order valence-corrected chi connectivity index (χ3v) is 11.4. The Morgan fingerprint density at radius 2 is 1.55 bits per heavy atom. The normalized spacial score (nSPS) is 27.1.